The number of nitrogens with one attached hydrogen (secondary N) is 1. The van der Waals surface area contributed by atoms with Gasteiger partial charge in [-0.2, -0.15) is 0 Å². The van der Waals surface area contributed by atoms with E-state index < -0.39 is 0 Å². The molecule has 1 aromatic carbocycles. The van der Waals surface area contributed by atoms with Crippen LogP contribution >= 0.6 is 11.8 Å². The zero-order valence-corrected chi connectivity index (χ0v) is 10.4. The molecule has 0 atom stereocenters. The summed E-state index contributed by atoms with van der Waals surface area (Å²) in [7, 11) is 0. The number of nitrogens with zero attached hydrogens (tertiary/aromatic N) is 2. The van der Waals surface area contributed by atoms with Crippen LogP contribution in [0.15, 0.2) is 47.6 Å². The van der Waals surface area contributed by atoms with Crippen molar-refractivity contribution >= 4 is 28.5 Å². The van der Waals surface area contributed by atoms with E-state index in [9.17, 15) is 0 Å². The molecule has 2 aromatic heterocycles. The van der Waals surface area contributed by atoms with Crippen molar-refractivity contribution < 1.29 is 0 Å². The molecule has 0 unspecified atom stereocenters. The molecule has 0 amide bonds. The topological polar surface area (TPSA) is 67.6 Å². The van der Waals surface area contributed by atoms with Gasteiger partial charge in [0.1, 0.15) is 10.9 Å². The Labute approximate surface area is 109 Å². The highest BCUT2D eigenvalue weighted by Gasteiger charge is 2.05. The van der Waals surface area contributed by atoms with Crippen molar-refractivity contribution in [1.29, 1.82) is 0 Å². The number of hydrogen-bond donors (Lipinski definition) is 2. The molecule has 0 bridgehead atoms. The number of imidazole rings is 1. The quantitative estimate of drug-likeness (QED) is 0.707. The molecule has 3 rings (SSSR count). The minimum Gasteiger partial charge on any atom is -0.397 e. The third kappa shape index (κ3) is 2.17. The zero-order chi connectivity index (χ0) is 12.4. The molecule has 0 saturated heterocycles. The summed E-state index contributed by atoms with van der Waals surface area (Å²) in [6, 6.07) is 11.7. The summed E-state index contributed by atoms with van der Waals surface area (Å²) >= 11 is 1.59. The van der Waals surface area contributed by atoms with Crippen LogP contribution in [0.3, 0.4) is 0 Å². The van der Waals surface area contributed by atoms with Crippen LogP contribution in [0, 0.1) is 0 Å². The summed E-state index contributed by atoms with van der Waals surface area (Å²) in [6.07, 6.45) is 1.75. The summed E-state index contributed by atoms with van der Waals surface area (Å²) < 4.78 is 0. The monoisotopic (exact) mass is 256 g/mol. The van der Waals surface area contributed by atoms with Crippen LogP contribution in [0.2, 0.25) is 0 Å². The van der Waals surface area contributed by atoms with Gasteiger partial charge in [-0.3, -0.25) is 0 Å². The maximum Gasteiger partial charge on any atom is 0.119 e. The highest BCUT2D eigenvalue weighted by atomic mass is 32.2. The molecule has 0 spiro atoms. The molecule has 3 aromatic rings. The highest BCUT2D eigenvalue weighted by molar-refractivity contribution is 7.98. The van der Waals surface area contributed by atoms with Crippen LogP contribution in [-0.2, 0) is 5.75 Å². The zero-order valence-electron chi connectivity index (χ0n) is 9.63. The van der Waals surface area contributed by atoms with Crippen LogP contribution in [0.4, 0.5) is 5.69 Å². The normalized spacial score (nSPS) is 10.9. The molecule has 90 valence electrons. The number of benzene rings is 1. The summed E-state index contributed by atoms with van der Waals surface area (Å²) in [5.74, 6) is 1.67. The SMILES string of the molecule is Nc1cccnc1SCc1nc2ccccc2[nH]1. The van der Waals surface area contributed by atoms with Gasteiger partial charge in [0, 0.05) is 6.20 Å². The number of hydrogen-bond acceptors (Lipinski definition) is 4. The lowest BCUT2D eigenvalue weighted by atomic mass is 10.3. The van der Waals surface area contributed by atoms with Crippen LogP contribution in [0.1, 0.15) is 5.82 Å². The Morgan fingerprint density at radius 1 is 1.17 bits per heavy atom. The molecule has 0 aliphatic heterocycles. The number of rotatable bonds is 3. The first kappa shape index (κ1) is 11.1. The van der Waals surface area contributed by atoms with Crippen molar-refractivity contribution in [2.45, 2.75) is 10.8 Å². The number of nitrogens with two attached hydrogens (primary N) is 1. The van der Waals surface area contributed by atoms with Crippen molar-refractivity contribution in [2.24, 2.45) is 0 Å². The predicted octanol–water partition coefficient (Wildman–Crippen LogP) is 2.83. The number of thioether (sulfide) groups is 1. The first-order valence-electron chi connectivity index (χ1n) is 5.60. The molecule has 0 saturated carbocycles. The minimum atomic E-state index is 0.707. The second kappa shape index (κ2) is 4.70. The molecule has 4 nitrogen and oxygen atoms in total. The molecular weight excluding hydrogens is 244 g/mol. The lowest BCUT2D eigenvalue weighted by Gasteiger charge is -2.01. The molecular formula is C13H12N4S. The third-order valence-electron chi connectivity index (χ3n) is 2.58. The van der Waals surface area contributed by atoms with E-state index in [1.54, 1.807) is 18.0 Å². The van der Waals surface area contributed by atoms with E-state index in [2.05, 4.69) is 15.0 Å². The van der Waals surface area contributed by atoms with E-state index in [0.717, 1.165) is 27.6 Å². The Morgan fingerprint density at radius 3 is 2.89 bits per heavy atom. The molecule has 2 heterocycles. The van der Waals surface area contributed by atoms with Gasteiger partial charge < -0.3 is 10.7 Å². The number of anilines is 1. The van der Waals surface area contributed by atoms with E-state index >= 15 is 0 Å². The molecule has 0 radical (unpaired) electrons. The molecule has 3 N–H and O–H groups in total. The molecule has 5 heteroatoms. The van der Waals surface area contributed by atoms with E-state index in [1.165, 1.54) is 0 Å². The molecule has 0 aliphatic rings. The number of H-pyrrole nitrogens is 1. The second-order valence-corrected chi connectivity index (χ2v) is 4.85. The number of nitrogen functional groups attached to an aromatic ring is 1. The Bertz CT molecular complexity index is 644. The minimum absolute atomic E-state index is 0.707. The summed E-state index contributed by atoms with van der Waals surface area (Å²) in [4.78, 5) is 12.0. The van der Waals surface area contributed by atoms with Gasteiger partial charge in [0.05, 0.1) is 22.5 Å². The number of para-hydroxylation sites is 2. The van der Waals surface area contributed by atoms with Crippen LogP contribution in [-0.4, -0.2) is 15.0 Å². The average Bonchev–Trinajstić information content (AvgIpc) is 2.80. The second-order valence-electron chi connectivity index (χ2n) is 3.89. The van der Waals surface area contributed by atoms with Crippen LogP contribution in [0.25, 0.3) is 11.0 Å². The van der Waals surface area contributed by atoms with Gasteiger partial charge in [0.25, 0.3) is 0 Å². The third-order valence-corrected chi connectivity index (χ3v) is 3.62. The fourth-order valence-electron chi connectivity index (χ4n) is 1.73. The fourth-order valence-corrected chi connectivity index (χ4v) is 2.51. The van der Waals surface area contributed by atoms with E-state index in [4.69, 9.17) is 5.73 Å². The van der Waals surface area contributed by atoms with Gasteiger partial charge >= 0.3 is 0 Å². The van der Waals surface area contributed by atoms with Crippen molar-refractivity contribution in [2.75, 3.05) is 5.73 Å². The van der Waals surface area contributed by atoms with Crippen molar-refractivity contribution in [3.05, 3.63) is 48.4 Å². The van der Waals surface area contributed by atoms with Gasteiger partial charge in [0.15, 0.2) is 0 Å². The standard InChI is InChI=1S/C13H12N4S/c14-9-4-3-7-15-13(9)18-8-12-16-10-5-1-2-6-11(10)17-12/h1-7H,8,14H2,(H,16,17). The van der Waals surface area contributed by atoms with Crippen LogP contribution in [0.5, 0.6) is 0 Å². The Balaban J connectivity index is 1.79. The lowest BCUT2D eigenvalue weighted by molar-refractivity contribution is 1.11. The highest BCUT2D eigenvalue weighted by Crippen LogP contribution is 2.25. The van der Waals surface area contributed by atoms with Crippen molar-refractivity contribution in [3.8, 4) is 0 Å². The first-order valence-corrected chi connectivity index (χ1v) is 6.58. The number of aromatic amines is 1. The molecule has 18 heavy (non-hydrogen) atoms. The van der Waals surface area contributed by atoms with Gasteiger partial charge in [-0.1, -0.05) is 23.9 Å². The molecule has 0 fully saturated rings. The maximum atomic E-state index is 5.85. The summed E-state index contributed by atoms with van der Waals surface area (Å²) in [5, 5.41) is 0.845. The van der Waals surface area contributed by atoms with E-state index in [1.807, 2.05) is 36.4 Å². The lowest BCUT2D eigenvalue weighted by Crippen LogP contribution is -1.92. The van der Waals surface area contributed by atoms with Crippen molar-refractivity contribution in [1.82, 2.24) is 15.0 Å². The number of aromatic nitrogens is 3. The van der Waals surface area contributed by atoms with E-state index in [-0.39, 0.29) is 0 Å². The van der Waals surface area contributed by atoms with Gasteiger partial charge in [0.2, 0.25) is 0 Å². The molecule has 0 aliphatic carbocycles. The smallest absolute Gasteiger partial charge is 0.119 e. The van der Waals surface area contributed by atoms with Gasteiger partial charge in [-0.25, -0.2) is 9.97 Å². The van der Waals surface area contributed by atoms with Crippen molar-refractivity contribution in [3.63, 3.8) is 0 Å². The first-order chi connectivity index (χ1) is 8.83. The average molecular weight is 256 g/mol. The fraction of sp³-hybridized carbons (Fsp3) is 0.0769. The largest absolute Gasteiger partial charge is 0.397 e. The summed E-state index contributed by atoms with van der Waals surface area (Å²) in [5.41, 5.74) is 8.60. The number of pyridine rings is 1. The predicted molar refractivity (Wildman–Crippen MR) is 74.3 cm³/mol. The Morgan fingerprint density at radius 2 is 2.06 bits per heavy atom. The number of fused-ring (bicyclic) bond motifs is 1. The summed E-state index contributed by atoms with van der Waals surface area (Å²) in [6.45, 7) is 0. The van der Waals surface area contributed by atoms with E-state index in [0.29, 0.717) is 5.69 Å². The Kier molecular flexibility index (Phi) is 2.90. The van der Waals surface area contributed by atoms with Crippen LogP contribution < -0.4 is 5.73 Å². The maximum absolute atomic E-state index is 5.85. The van der Waals surface area contributed by atoms with Gasteiger partial charge in [-0.15, -0.1) is 0 Å². The Hall–Kier alpha value is -2.01. The van der Waals surface area contributed by atoms with Gasteiger partial charge in [-0.05, 0) is 24.3 Å².